The van der Waals surface area contributed by atoms with E-state index in [0.717, 1.165) is 25.4 Å². The molecule has 110 valence electrons. The molecule has 0 aromatic heterocycles. The van der Waals surface area contributed by atoms with Crippen LogP contribution in [-0.4, -0.2) is 19.0 Å². The number of nitrogens with zero attached hydrogens (tertiary/aromatic N) is 1. The van der Waals surface area contributed by atoms with Gasteiger partial charge in [0.2, 0.25) is 0 Å². The molecule has 1 aliphatic rings. The van der Waals surface area contributed by atoms with Crippen LogP contribution < -0.4 is 11.1 Å². The van der Waals surface area contributed by atoms with Crippen molar-refractivity contribution >= 4 is 5.96 Å². The van der Waals surface area contributed by atoms with Crippen LogP contribution in [0.4, 0.5) is 0 Å². The van der Waals surface area contributed by atoms with Crippen LogP contribution in [0.3, 0.4) is 0 Å². The molecule has 3 N–H and O–H groups in total. The lowest BCUT2D eigenvalue weighted by Crippen LogP contribution is -2.33. The third-order valence-corrected chi connectivity index (χ3v) is 4.19. The van der Waals surface area contributed by atoms with E-state index in [0.29, 0.717) is 11.9 Å². The highest BCUT2D eigenvalue weighted by atomic mass is 15.1. The van der Waals surface area contributed by atoms with E-state index in [1.807, 2.05) is 0 Å². The summed E-state index contributed by atoms with van der Waals surface area (Å²) in [5.74, 6) is 2.06. The topological polar surface area (TPSA) is 50.4 Å². The average molecular weight is 273 g/mol. The molecule has 1 aromatic carbocycles. The van der Waals surface area contributed by atoms with Crippen molar-refractivity contribution in [3.63, 3.8) is 0 Å². The molecule has 20 heavy (non-hydrogen) atoms. The fourth-order valence-corrected chi connectivity index (χ4v) is 2.94. The number of guanidine groups is 1. The zero-order chi connectivity index (χ0) is 14.2. The Morgan fingerprint density at radius 3 is 2.55 bits per heavy atom. The van der Waals surface area contributed by atoms with Crippen LogP contribution in [-0.2, 0) is 0 Å². The smallest absolute Gasteiger partial charge is 0.188 e. The summed E-state index contributed by atoms with van der Waals surface area (Å²) in [7, 11) is 0. The van der Waals surface area contributed by atoms with Crippen molar-refractivity contribution in [3.05, 3.63) is 35.9 Å². The molecule has 3 heteroatoms. The van der Waals surface area contributed by atoms with E-state index in [9.17, 15) is 0 Å². The fraction of sp³-hybridized carbons (Fsp3) is 0.588. The van der Waals surface area contributed by atoms with Crippen molar-refractivity contribution in [1.29, 1.82) is 0 Å². The van der Waals surface area contributed by atoms with Crippen LogP contribution in [0, 0.1) is 5.92 Å². The first-order valence-corrected chi connectivity index (χ1v) is 7.88. The Labute approximate surface area is 122 Å². The molecular weight excluding hydrogens is 246 g/mol. The zero-order valence-corrected chi connectivity index (χ0v) is 12.5. The highest BCUT2D eigenvalue weighted by molar-refractivity contribution is 5.77. The maximum absolute atomic E-state index is 5.83. The highest BCUT2D eigenvalue weighted by Gasteiger charge is 2.21. The molecule has 0 radical (unpaired) electrons. The van der Waals surface area contributed by atoms with E-state index >= 15 is 0 Å². The predicted molar refractivity (Wildman–Crippen MR) is 85.9 cm³/mol. The van der Waals surface area contributed by atoms with Gasteiger partial charge in [0.1, 0.15) is 0 Å². The van der Waals surface area contributed by atoms with Crippen molar-refractivity contribution in [2.24, 2.45) is 16.6 Å². The number of hydrogen-bond donors (Lipinski definition) is 2. The van der Waals surface area contributed by atoms with Gasteiger partial charge >= 0.3 is 0 Å². The highest BCUT2D eigenvalue weighted by Crippen LogP contribution is 2.35. The lowest BCUT2D eigenvalue weighted by atomic mass is 9.79. The van der Waals surface area contributed by atoms with E-state index < -0.39 is 0 Å². The number of nitrogens with two attached hydrogens (primary N) is 1. The molecule has 0 amide bonds. The van der Waals surface area contributed by atoms with Gasteiger partial charge in [0.05, 0.1) is 0 Å². The molecule has 0 aliphatic heterocycles. The summed E-state index contributed by atoms with van der Waals surface area (Å²) in [6.07, 6.45) is 6.19. The fourth-order valence-electron chi connectivity index (χ4n) is 2.94. The quantitative estimate of drug-likeness (QED) is 0.639. The molecule has 0 unspecified atom stereocenters. The first kappa shape index (κ1) is 14.9. The van der Waals surface area contributed by atoms with Crippen LogP contribution in [0.25, 0.3) is 0 Å². The van der Waals surface area contributed by atoms with Crippen molar-refractivity contribution in [2.75, 3.05) is 13.1 Å². The summed E-state index contributed by atoms with van der Waals surface area (Å²) >= 11 is 0. The van der Waals surface area contributed by atoms with Gasteiger partial charge in [-0.1, -0.05) is 37.3 Å². The second-order valence-corrected chi connectivity index (χ2v) is 5.78. The Morgan fingerprint density at radius 2 is 1.90 bits per heavy atom. The van der Waals surface area contributed by atoms with E-state index in [2.05, 4.69) is 47.6 Å². The Hall–Kier alpha value is -1.51. The second kappa shape index (κ2) is 7.93. The molecule has 1 aromatic rings. The third kappa shape index (κ3) is 4.55. The van der Waals surface area contributed by atoms with Gasteiger partial charge in [-0.25, -0.2) is 0 Å². The van der Waals surface area contributed by atoms with E-state index in [-0.39, 0.29) is 0 Å². The first-order chi connectivity index (χ1) is 9.79. The number of benzene rings is 1. The first-order valence-electron chi connectivity index (χ1n) is 7.88. The van der Waals surface area contributed by atoms with E-state index in [1.165, 1.54) is 31.2 Å². The molecular formula is C17H27N3. The number of rotatable bonds is 5. The minimum Gasteiger partial charge on any atom is -0.370 e. The van der Waals surface area contributed by atoms with Gasteiger partial charge in [-0.3, -0.25) is 4.99 Å². The van der Waals surface area contributed by atoms with Crippen molar-refractivity contribution < 1.29 is 0 Å². The summed E-state index contributed by atoms with van der Waals surface area (Å²) in [6, 6.07) is 10.9. The summed E-state index contributed by atoms with van der Waals surface area (Å²) in [5, 5.41) is 3.13. The summed E-state index contributed by atoms with van der Waals surface area (Å²) in [5.41, 5.74) is 7.33. The van der Waals surface area contributed by atoms with Gasteiger partial charge in [0, 0.05) is 13.1 Å². The largest absolute Gasteiger partial charge is 0.370 e. The Kier molecular flexibility index (Phi) is 5.90. The third-order valence-electron chi connectivity index (χ3n) is 4.19. The second-order valence-electron chi connectivity index (χ2n) is 5.78. The van der Waals surface area contributed by atoms with E-state index in [1.54, 1.807) is 0 Å². The van der Waals surface area contributed by atoms with Crippen LogP contribution in [0.1, 0.15) is 50.5 Å². The van der Waals surface area contributed by atoms with Gasteiger partial charge in [-0.05, 0) is 49.5 Å². The van der Waals surface area contributed by atoms with Gasteiger partial charge in [0.25, 0.3) is 0 Å². The minimum absolute atomic E-state index is 0.608. The number of nitrogens with one attached hydrogen (secondary N) is 1. The predicted octanol–water partition coefficient (Wildman–Crippen LogP) is 3.27. The van der Waals surface area contributed by atoms with Crippen LogP contribution in [0.5, 0.6) is 0 Å². The molecule has 3 nitrogen and oxygen atoms in total. The standard InChI is InChI=1S/C17H27N3/c1-2-12-19-17(18)20-13-14-8-10-16(11-9-14)15-6-4-3-5-7-15/h3-7,14,16H,2,8-13H2,1H3,(H3,18,19,20). The SMILES string of the molecule is CCCNC(N)=NCC1CCC(c2ccccc2)CC1. The van der Waals surface area contributed by atoms with Crippen molar-refractivity contribution in [1.82, 2.24) is 5.32 Å². The zero-order valence-electron chi connectivity index (χ0n) is 12.5. The molecule has 0 bridgehead atoms. The van der Waals surface area contributed by atoms with Gasteiger partial charge in [0.15, 0.2) is 5.96 Å². The molecule has 1 saturated carbocycles. The van der Waals surface area contributed by atoms with Crippen molar-refractivity contribution in [3.8, 4) is 0 Å². The maximum Gasteiger partial charge on any atom is 0.188 e. The molecule has 1 aliphatic carbocycles. The normalized spacial score (nSPS) is 23.6. The number of hydrogen-bond acceptors (Lipinski definition) is 1. The lowest BCUT2D eigenvalue weighted by Gasteiger charge is -2.28. The summed E-state index contributed by atoms with van der Waals surface area (Å²) in [4.78, 5) is 4.47. The maximum atomic E-state index is 5.83. The average Bonchev–Trinajstić information content (AvgIpc) is 2.52. The molecule has 2 rings (SSSR count). The molecule has 0 atom stereocenters. The van der Waals surface area contributed by atoms with E-state index in [4.69, 9.17) is 5.73 Å². The van der Waals surface area contributed by atoms with Gasteiger partial charge < -0.3 is 11.1 Å². The molecule has 0 spiro atoms. The molecule has 0 heterocycles. The van der Waals surface area contributed by atoms with Crippen molar-refractivity contribution in [2.45, 2.75) is 44.9 Å². The molecule has 0 saturated heterocycles. The Bertz CT molecular complexity index is 406. The summed E-state index contributed by atoms with van der Waals surface area (Å²) in [6.45, 7) is 3.92. The monoisotopic (exact) mass is 273 g/mol. The Balaban J connectivity index is 1.74. The number of aliphatic imine (C=N–C) groups is 1. The van der Waals surface area contributed by atoms with Crippen LogP contribution in [0.15, 0.2) is 35.3 Å². The van der Waals surface area contributed by atoms with Gasteiger partial charge in [-0.15, -0.1) is 0 Å². The Morgan fingerprint density at radius 1 is 1.20 bits per heavy atom. The van der Waals surface area contributed by atoms with Gasteiger partial charge in [-0.2, -0.15) is 0 Å². The van der Waals surface area contributed by atoms with Crippen LogP contribution >= 0.6 is 0 Å². The molecule has 1 fully saturated rings. The summed E-state index contributed by atoms with van der Waals surface area (Å²) < 4.78 is 0. The van der Waals surface area contributed by atoms with Crippen LogP contribution in [0.2, 0.25) is 0 Å². The minimum atomic E-state index is 0.608. The lowest BCUT2D eigenvalue weighted by molar-refractivity contribution is 0.333.